The third-order valence-electron chi connectivity index (χ3n) is 3.06. The Morgan fingerprint density at radius 3 is 2.32 bits per heavy atom. The fourth-order valence-electron chi connectivity index (χ4n) is 1.83. The summed E-state index contributed by atoms with van der Waals surface area (Å²) in [6, 6.07) is 13.2. The number of nitrogens with one attached hydrogen (secondary N) is 1. The summed E-state index contributed by atoms with van der Waals surface area (Å²) in [4.78, 5) is 21.8. The number of carbonyl (C=O) groups excluding carboxylic acids is 1. The molecule has 0 aromatic heterocycles. The second-order valence-corrected chi connectivity index (χ2v) is 4.64. The number of carbonyl (C=O) groups is 1. The minimum Gasteiger partial charge on any atom is -0.484 e. The summed E-state index contributed by atoms with van der Waals surface area (Å²) >= 11 is 0. The number of nitro groups is 1. The Morgan fingerprint density at radius 2 is 1.77 bits per heavy atom. The Labute approximate surface area is 127 Å². The minimum atomic E-state index is -0.490. The molecule has 0 bridgehead atoms. The van der Waals surface area contributed by atoms with E-state index < -0.39 is 4.92 Å². The van der Waals surface area contributed by atoms with E-state index in [-0.39, 0.29) is 18.2 Å². The largest absolute Gasteiger partial charge is 0.484 e. The molecule has 0 fully saturated rings. The van der Waals surface area contributed by atoms with Crippen LogP contribution in [0.4, 0.5) is 11.4 Å². The average molecular weight is 300 g/mol. The lowest BCUT2D eigenvalue weighted by atomic mass is 10.1. The number of benzene rings is 2. The van der Waals surface area contributed by atoms with Crippen LogP contribution in [0, 0.1) is 10.1 Å². The first-order valence-electron chi connectivity index (χ1n) is 6.84. The zero-order valence-corrected chi connectivity index (χ0v) is 12.1. The molecule has 2 aromatic carbocycles. The fourth-order valence-corrected chi connectivity index (χ4v) is 1.83. The van der Waals surface area contributed by atoms with Crippen LogP contribution in [0.2, 0.25) is 0 Å². The Morgan fingerprint density at radius 1 is 1.14 bits per heavy atom. The monoisotopic (exact) mass is 300 g/mol. The predicted octanol–water partition coefficient (Wildman–Crippen LogP) is 3.17. The number of aryl methyl sites for hydroxylation is 1. The Balaban J connectivity index is 1.85. The van der Waals surface area contributed by atoms with Crippen LogP contribution in [-0.2, 0) is 11.2 Å². The van der Waals surface area contributed by atoms with Gasteiger partial charge in [0, 0.05) is 17.8 Å². The zero-order valence-electron chi connectivity index (χ0n) is 12.1. The average Bonchev–Trinajstić information content (AvgIpc) is 2.54. The first-order chi connectivity index (χ1) is 10.6. The van der Waals surface area contributed by atoms with Crippen molar-refractivity contribution in [2.45, 2.75) is 13.3 Å². The molecule has 0 radical (unpaired) electrons. The summed E-state index contributed by atoms with van der Waals surface area (Å²) in [6.45, 7) is 1.90. The van der Waals surface area contributed by atoms with Gasteiger partial charge in [0.15, 0.2) is 6.61 Å². The van der Waals surface area contributed by atoms with Gasteiger partial charge < -0.3 is 10.1 Å². The standard InChI is InChI=1S/C16H16N2O4/c1-2-12-3-5-13(6-4-12)17-16(19)11-22-15-9-7-14(8-10-15)18(20)21/h3-10H,2,11H2,1H3,(H,17,19). The van der Waals surface area contributed by atoms with E-state index in [9.17, 15) is 14.9 Å². The number of rotatable bonds is 6. The molecule has 114 valence electrons. The van der Waals surface area contributed by atoms with E-state index in [2.05, 4.69) is 12.2 Å². The lowest BCUT2D eigenvalue weighted by Crippen LogP contribution is -2.20. The number of hydrogen-bond donors (Lipinski definition) is 1. The summed E-state index contributed by atoms with van der Waals surface area (Å²) in [5.41, 5.74) is 1.88. The van der Waals surface area contributed by atoms with E-state index in [4.69, 9.17) is 4.74 Å². The van der Waals surface area contributed by atoms with Crippen LogP contribution in [0.1, 0.15) is 12.5 Å². The maximum absolute atomic E-state index is 11.8. The van der Waals surface area contributed by atoms with Gasteiger partial charge in [-0.15, -0.1) is 0 Å². The topological polar surface area (TPSA) is 81.5 Å². The van der Waals surface area contributed by atoms with Gasteiger partial charge in [0.2, 0.25) is 0 Å². The molecule has 6 heteroatoms. The molecule has 2 aromatic rings. The lowest BCUT2D eigenvalue weighted by Gasteiger charge is -2.08. The van der Waals surface area contributed by atoms with Gasteiger partial charge in [-0.3, -0.25) is 14.9 Å². The molecule has 1 amide bonds. The number of non-ortho nitro benzene ring substituents is 1. The van der Waals surface area contributed by atoms with E-state index in [1.165, 1.54) is 29.8 Å². The van der Waals surface area contributed by atoms with Crippen molar-refractivity contribution in [3.05, 3.63) is 64.2 Å². The third kappa shape index (κ3) is 4.31. The second-order valence-electron chi connectivity index (χ2n) is 4.64. The van der Waals surface area contributed by atoms with Gasteiger partial charge in [0.1, 0.15) is 5.75 Å². The quantitative estimate of drug-likeness (QED) is 0.656. The molecule has 0 heterocycles. The third-order valence-corrected chi connectivity index (χ3v) is 3.06. The Bertz CT molecular complexity index is 651. The van der Waals surface area contributed by atoms with Crippen molar-refractivity contribution >= 4 is 17.3 Å². The summed E-state index contributed by atoms with van der Waals surface area (Å²) in [7, 11) is 0. The number of ether oxygens (including phenoxy) is 1. The van der Waals surface area contributed by atoms with E-state index in [1.54, 1.807) is 0 Å². The highest BCUT2D eigenvalue weighted by molar-refractivity contribution is 5.91. The Hall–Kier alpha value is -2.89. The SMILES string of the molecule is CCc1ccc(NC(=O)COc2ccc([N+](=O)[O-])cc2)cc1. The van der Waals surface area contributed by atoms with Crippen molar-refractivity contribution in [3.63, 3.8) is 0 Å². The maximum Gasteiger partial charge on any atom is 0.269 e. The number of hydrogen-bond acceptors (Lipinski definition) is 4. The molecule has 6 nitrogen and oxygen atoms in total. The van der Waals surface area contributed by atoms with Crippen LogP contribution < -0.4 is 10.1 Å². The summed E-state index contributed by atoms with van der Waals surface area (Å²) in [5.74, 6) is 0.115. The van der Waals surface area contributed by atoms with Crippen LogP contribution in [0.3, 0.4) is 0 Å². The molecule has 0 saturated carbocycles. The zero-order chi connectivity index (χ0) is 15.9. The van der Waals surface area contributed by atoms with Crippen molar-refractivity contribution in [2.75, 3.05) is 11.9 Å². The molecular formula is C16H16N2O4. The maximum atomic E-state index is 11.8. The molecule has 0 aliphatic carbocycles. The molecule has 0 aliphatic rings. The van der Waals surface area contributed by atoms with Gasteiger partial charge in [-0.1, -0.05) is 19.1 Å². The Kier molecular flexibility index (Phi) is 5.08. The van der Waals surface area contributed by atoms with Crippen LogP contribution in [0.15, 0.2) is 48.5 Å². The van der Waals surface area contributed by atoms with Crippen LogP contribution in [0.25, 0.3) is 0 Å². The van der Waals surface area contributed by atoms with Crippen LogP contribution >= 0.6 is 0 Å². The molecule has 0 atom stereocenters. The van der Waals surface area contributed by atoms with E-state index in [0.717, 1.165) is 6.42 Å². The van der Waals surface area contributed by atoms with Gasteiger partial charge in [-0.25, -0.2) is 0 Å². The highest BCUT2D eigenvalue weighted by Gasteiger charge is 2.07. The highest BCUT2D eigenvalue weighted by atomic mass is 16.6. The van der Waals surface area contributed by atoms with E-state index >= 15 is 0 Å². The number of nitrogens with zero attached hydrogens (tertiary/aromatic N) is 1. The molecule has 0 unspecified atom stereocenters. The normalized spacial score (nSPS) is 10.0. The van der Waals surface area contributed by atoms with E-state index in [1.807, 2.05) is 24.3 Å². The van der Waals surface area contributed by atoms with Gasteiger partial charge >= 0.3 is 0 Å². The van der Waals surface area contributed by atoms with Crippen LogP contribution in [0.5, 0.6) is 5.75 Å². The number of nitro benzene ring substituents is 1. The number of anilines is 1. The summed E-state index contributed by atoms with van der Waals surface area (Å²) < 4.78 is 5.28. The molecule has 1 N–H and O–H groups in total. The van der Waals surface area contributed by atoms with Crippen molar-refractivity contribution in [2.24, 2.45) is 0 Å². The lowest BCUT2D eigenvalue weighted by molar-refractivity contribution is -0.384. The number of amides is 1. The molecule has 0 saturated heterocycles. The minimum absolute atomic E-state index is 0.0205. The van der Waals surface area contributed by atoms with Gasteiger partial charge in [-0.2, -0.15) is 0 Å². The molecule has 0 spiro atoms. The summed E-state index contributed by atoms with van der Waals surface area (Å²) in [6.07, 6.45) is 0.942. The summed E-state index contributed by atoms with van der Waals surface area (Å²) in [5, 5.41) is 13.2. The van der Waals surface area contributed by atoms with Crippen molar-refractivity contribution < 1.29 is 14.5 Å². The molecular weight excluding hydrogens is 284 g/mol. The van der Waals surface area contributed by atoms with Crippen molar-refractivity contribution in [1.82, 2.24) is 0 Å². The smallest absolute Gasteiger partial charge is 0.269 e. The van der Waals surface area contributed by atoms with Crippen molar-refractivity contribution in [1.29, 1.82) is 0 Å². The van der Waals surface area contributed by atoms with Gasteiger partial charge in [0.25, 0.3) is 11.6 Å². The predicted molar refractivity (Wildman–Crippen MR) is 83.0 cm³/mol. The molecule has 22 heavy (non-hydrogen) atoms. The van der Waals surface area contributed by atoms with Crippen LogP contribution in [-0.4, -0.2) is 17.4 Å². The van der Waals surface area contributed by atoms with Gasteiger partial charge in [0.05, 0.1) is 4.92 Å². The molecule has 0 aliphatic heterocycles. The molecule has 2 rings (SSSR count). The van der Waals surface area contributed by atoms with Crippen molar-refractivity contribution in [3.8, 4) is 5.75 Å². The second kappa shape index (κ2) is 7.21. The highest BCUT2D eigenvalue weighted by Crippen LogP contribution is 2.17. The first-order valence-corrected chi connectivity index (χ1v) is 6.84. The van der Waals surface area contributed by atoms with E-state index in [0.29, 0.717) is 11.4 Å². The first kappa shape index (κ1) is 15.5. The van der Waals surface area contributed by atoms with Gasteiger partial charge in [-0.05, 0) is 36.2 Å². The fraction of sp³-hybridized carbons (Fsp3) is 0.188.